The van der Waals surface area contributed by atoms with Crippen LogP contribution in [-0.4, -0.2) is 27.8 Å². The molecule has 3 heteroatoms. The van der Waals surface area contributed by atoms with Crippen molar-refractivity contribution in [2.75, 3.05) is 13.1 Å². The van der Waals surface area contributed by atoms with Crippen LogP contribution in [0.1, 0.15) is 6.92 Å². The van der Waals surface area contributed by atoms with Gasteiger partial charge in [-0.25, -0.2) is 4.68 Å². The first-order valence-corrected chi connectivity index (χ1v) is 4.53. The molecule has 0 fully saturated rings. The highest BCUT2D eigenvalue weighted by molar-refractivity contribution is 5.47. The van der Waals surface area contributed by atoms with Crippen LogP contribution in [-0.2, 0) is 0 Å². The number of rotatable bonds is 2. The zero-order valence-corrected chi connectivity index (χ0v) is 7.72. The third-order valence-electron chi connectivity index (χ3n) is 2.15. The molecule has 1 aliphatic heterocycles. The Morgan fingerprint density at radius 2 is 2.46 bits per heavy atom. The van der Waals surface area contributed by atoms with Crippen molar-refractivity contribution >= 4 is 5.82 Å². The molecule has 0 N–H and O–H groups in total. The first-order valence-electron chi connectivity index (χ1n) is 4.53. The molecule has 2 rings (SSSR count). The summed E-state index contributed by atoms with van der Waals surface area (Å²) < 4.78 is 1.90. The molecular weight excluding hydrogens is 162 g/mol. The number of likely N-dealkylation sites (N-methyl/N-ethyl adjacent to an activating group) is 1. The van der Waals surface area contributed by atoms with Crippen LogP contribution in [0.25, 0.3) is 5.82 Å². The molecule has 0 spiro atoms. The van der Waals surface area contributed by atoms with Gasteiger partial charge in [-0.2, -0.15) is 5.10 Å². The molecule has 0 amide bonds. The lowest BCUT2D eigenvalue weighted by atomic mass is 10.3. The molecule has 1 aromatic rings. The van der Waals surface area contributed by atoms with Crippen LogP contribution in [0.15, 0.2) is 36.7 Å². The Labute approximate surface area is 78.0 Å². The lowest BCUT2D eigenvalue weighted by Crippen LogP contribution is -2.26. The van der Waals surface area contributed by atoms with Gasteiger partial charge in [-0.05, 0) is 19.1 Å². The van der Waals surface area contributed by atoms with Crippen molar-refractivity contribution in [1.29, 1.82) is 0 Å². The summed E-state index contributed by atoms with van der Waals surface area (Å²) in [5, 5.41) is 4.21. The van der Waals surface area contributed by atoms with Crippen molar-refractivity contribution < 1.29 is 0 Å². The van der Waals surface area contributed by atoms with Crippen LogP contribution >= 0.6 is 0 Å². The zero-order chi connectivity index (χ0) is 9.10. The summed E-state index contributed by atoms with van der Waals surface area (Å²) in [6.45, 7) is 4.13. The van der Waals surface area contributed by atoms with Crippen LogP contribution in [0.3, 0.4) is 0 Å². The van der Waals surface area contributed by atoms with Crippen LogP contribution < -0.4 is 0 Å². The average molecular weight is 175 g/mol. The fourth-order valence-corrected chi connectivity index (χ4v) is 1.46. The first kappa shape index (κ1) is 8.10. The van der Waals surface area contributed by atoms with Gasteiger partial charge in [-0.15, -0.1) is 0 Å². The largest absolute Gasteiger partial charge is 0.353 e. The fraction of sp³-hybridized carbons (Fsp3) is 0.300. The number of aromatic nitrogens is 2. The molecule has 3 nitrogen and oxygen atoms in total. The molecule has 13 heavy (non-hydrogen) atoms. The topological polar surface area (TPSA) is 21.1 Å². The van der Waals surface area contributed by atoms with E-state index in [1.54, 1.807) is 6.20 Å². The molecule has 0 aromatic carbocycles. The minimum atomic E-state index is 0.974. The Morgan fingerprint density at radius 3 is 3.15 bits per heavy atom. The Balaban J connectivity index is 2.30. The molecule has 68 valence electrons. The van der Waals surface area contributed by atoms with Crippen molar-refractivity contribution in [1.82, 2.24) is 14.7 Å². The van der Waals surface area contributed by atoms with Crippen LogP contribution in [0.5, 0.6) is 0 Å². The molecule has 0 unspecified atom stereocenters. The van der Waals surface area contributed by atoms with Crippen LogP contribution in [0.4, 0.5) is 0 Å². The smallest absolute Gasteiger partial charge is 0.130 e. The van der Waals surface area contributed by atoms with Gasteiger partial charge in [0.2, 0.25) is 0 Å². The van der Waals surface area contributed by atoms with Crippen molar-refractivity contribution in [3.8, 4) is 0 Å². The van der Waals surface area contributed by atoms with Crippen LogP contribution in [0.2, 0.25) is 0 Å². The van der Waals surface area contributed by atoms with E-state index in [0.29, 0.717) is 0 Å². The first-order chi connectivity index (χ1) is 6.42. The number of allylic oxidation sites excluding steroid dienone is 2. The van der Waals surface area contributed by atoms with E-state index in [0.717, 1.165) is 18.9 Å². The van der Waals surface area contributed by atoms with E-state index < -0.39 is 0 Å². The molecule has 1 aromatic heterocycles. The van der Waals surface area contributed by atoms with Gasteiger partial charge in [0, 0.05) is 25.5 Å². The molecule has 1 aliphatic rings. The van der Waals surface area contributed by atoms with Crippen molar-refractivity contribution in [3.05, 3.63) is 36.7 Å². The second kappa shape index (κ2) is 3.47. The molecule has 0 aliphatic carbocycles. The van der Waals surface area contributed by atoms with E-state index in [-0.39, 0.29) is 0 Å². The Hall–Kier alpha value is -1.51. The van der Waals surface area contributed by atoms with E-state index >= 15 is 0 Å². The third kappa shape index (κ3) is 1.49. The molecule has 0 saturated heterocycles. The van der Waals surface area contributed by atoms with E-state index in [9.17, 15) is 0 Å². The predicted octanol–water partition coefficient (Wildman–Crippen LogP) is 1.57. The number of nitrogens with zero attached hydrogens (tertiary/aromatic N) is 3. The quantitative estimate of drug-likeness (QED) is 0.680. The molecule has 0 atom stereocenters. The second-order valence-corrected chi connectivity index (χ2v) is 2.94. The van der Waals surface area contributed by atoms with Crippen LogP contribution in [0, 0.1) is 0 Å². The highest BCUT2D eigenvalue weighted by Crippen LogP contribution is 2.13. The predicted molar refractivity (Wildman–Crippen MR) is 52.9 cm³/mol. The number of hydrogen-bond donors (Lipinski definition) is 0. The number of hydrogen-bond acceptors (Lipinski definition) is 2. The van der Waals surface area contributed by atoms with Gasteiger partial charge in [0.1, 0.15) is 5.82 Å². The summed E-state index contributed by atoms with van der Waals surface area (Å²) in [5.41, 5.74) is 0. The van der Waals surface area contributed by atoms with E-state index in [4.69, 9.17) is 0 Å². The maximum absolute atomic E-state index is 4.21. The zero-order valence-electron chi connectivity index (χ0n) is 7.72. The maximum atomic E-state index is 4.21. The Bertz CT molecular complexity index is 322. The van der Waals surface area contributed by atoms with Gasteiger partial charge in [0.15, 0.2) is 0 Å². The van der Waals surface area contributed by atoms with Crippen molar-refractivity contribution in [3.63, 3.8) is 0 Å². The van der Waals surface area contributed by atoms with Gasteiger partial charge in [-0.3, -0.25) is 0 Å². The molecule has 0 saturated carbocycles. The molecule has 0 bridgehead atoms. The summed E-state index contributed by atoms with van der Waals surface area (Å²) >= 11 is 0. The second-order valence-electron chi connectivity index (χ2n) is 2.94. The van der Waals surface area contributed by atoms with Gasteiger partial charge >= 0.3 is 0 Å². The summed E-state index contributed by atoms with van der Waals surface area (Å²) in [6, 6.07) is 1.94. The summed E-state index contributed by atoms with van der Waals surface area (Å²) in [6.07, 6.45) is 10.1. The summed E-state index contributed by atoms with van der Waals surface area (Å²) in [4.78, 5) is 2.27. The molecule has 2 heterocycles. The minimum Gasteiger partial charge on any atom is -0.353 e. The normalized spacial score (nSPS) is 16.1. The van der Waals surface area contributed by atoms with Gasteiger partial charge in [-0.1, -0.05) is 12.2 Å². The average Bonchev–Trinajstić information content (AvgIpc) is 2.70. The minimum absolute atomic E-state index is 0.974. The Morgan fingerprint density at radius 1 is 1.54 bits per heavy atom. The van der Waals surface area contributed by atoms with E-state index in [1.807, 2.05) is 16.9 Å². The monoisotopic (exact) mass is 175 g/mol. The SMILES string of the molecule is CCN1CC=CC=C1n1cccn1. The standard InChI is InChI=1S/C10H13N3/c1-2-12-8-4-3-6-10(12)13-9-5-7-11-13/h3-7,9H,2,8H2,1H3. The Kier molecular flexibility index (Phi) is 2.17. The van der Waals surface area contributed by atoms with Gasteiger partial charge < -0.3 is 4.90 Å². The van der Waals surface area contributed by atoms with Crippen molar-refractivity contribution in [2.45, 2.75) is 6.92 Å². The summed E-state index contributed by atoms with van der Waals surface area (Å²) in [5.74, 6) is 1.15. The maximum Gasteiger partial charge on any atom is 0.130 e. The lowest BCUT2D eigenvalue weighted by Gasteiger charge is -2.26. The van der Waals surface area contributed by atoms with Gasteiger partial charge in [0.25, 0.3) is 0 Å². The molecular formula is C10H13N3. The highest BCUT2D eigenvalue weighted by atomic mass is 15.4. The van der Waals surface area contributed by atoms with Gasteiger partial charge in [0.05, 0.1) is 0 Å². The molecule has 0 radical (unpaired) electrons. The fourth-order valence-electron chi connectivity index (χ4n) is 1.46. The van der Waals surface area contributed by atoms with E-state index in [1.165, 1.54) is 0 Å². The third-order valence-corrected chi connectivity index (χ3v) is 2.15. The lowest BCUT2D eigenvalue weighted by molar-refractivity contribution is 0.428. The van der Waals surface area contributed by atoms with Crippen molar-refractivity contribution in [2.24, 2.45) is 0 Å². The van der Waals surface area contributed by atoms with E-state index in [2.05, 4.69) is 35.2 Å². The summed E-state index contributed by atoms with van der Waals surface area (Å²) in [7, 11) is 0. The highest BCUT2D eigenvalue weighted by Gasteiger charge is 2.09.